The van der Waals surface area contributed by atoms with Gasteiger partial charge in [0.1, 0.15) is 11.8 Å². The van der Waals surface area contributed by atoms with Crippen molar-refractivity contribution in [2.75, 3.05) is 0 Å². The van der Waals surface area contributed by atoms with E-state index >= 15 is 0 Å². The summed E-state index contributed by atoms with van der Waals surface area (Å²) in [6.45, 7) is 21.5. The van der Waals surface area contributed by atoms with Crippen LogP contribution in [-0.2, 0) is 52.4 Å². The minimum Gasteiger partial charge on any atom is -2.00 e. The summed E-state index contributed by atoms with van der Waals surface area (Å²) >= 11 is 0. The van der Waals surface area contributed by atoms with E-state index in [9.17, 15) is 19.8 Å². The van der Waals surface area contributed by atoms with Crippen LogP contribution in [0.4, 0.5) is 0 Å². The van der Waals surface area contributed by atoms with Crippen molar-refractivity contribution in [2.45, 2.75) is 118 Å². The molecular weight excluding hydrogens is 570 g/mol. The van der Waals surface area contributed by atoms with Gasteiger partial charge in [0.15, 0.2) is 0 Å². The van der Waals surface area contributed by atoms with Crippen LogP contribution in [0.2, 0.25) is 0 Å². The third-order valence-electron chi connectivity index (χ3n) is 5.08. The molecule has 0 aliphatic heterocycles. The minimum atomic E-state index is -1.95. The zero-order chi connectivity index (χ0) is 28.0. The van der Waals surface area contributed by atoms with Crippen molar-refractivity contribution in [3.63, 3.8) is 0 Å². The standard InChI is InChI=1S/C26H41N2O4.C2H3N.Mo.2O/c1-16(29)14-26(11,32)21(22(31)28-25(8,9)10)27-15-17-12-18(23(2,3)4)13-19(20(17)30)24(5,6)7;1-2-3;;;/h12-13,15,21,30H,14H2,1-11H3,(H,28,31);1H3;;;/q-1;;;2*-2/p-1/t21-,26-;;;;/m1..../s1. The Hall–Kier alpha value is -2.11. The van der Waals surface area contributed by atoms with E-state index in [0.29, 0.717) is 11.1 Å². The maximum absolute atomic E-state index is 13.2. The summed E-state index contributed by atoms with van der Waals surface area (Å²) in [5.41, 5.74) is -1.17. The van der Waals surface area contributed by atoms with E-state index < -0.39 is 23.1 Å². The predicted molar refractivity (Wildman–Crippen MR) is 139 cm³/mol. The Balaban J connectivity index is -0.000000916. The molecule has 0 aromatic heterocycles. The van der Waals surface area contributed by atoms with Crippen LogP contribution < -0.4 is 15.5 Å². The molecule has 1 N–H and O–H groups in total. The molecule has 0 heterocycles. The van der Waals surface area contributed by atoms with Crippen molar-refractivity contribution in [1.82, 2.24) is 5.32 Å². The van der Waals surface area contributed by atoms with Crippen LogP contribution in [0.3, 0.4) is 0 Å². The number of rotatable bonds is 6. The molecule has 1 amide bonds. The van der Waals surface area contributed by atoms with Gasteiger partial charge in [0.25, 0.3) is 0 Å². The molecule has 1 aromatic carbocycles. The van der Waals surface area contributed by atoms with Crippen molar-refractivity contribution in [3.8, 4) is 11.8 Å². The minimum absolute atomic E-state index is 0. The van der Waals surface area contributed by atoms with Crippen molar-refractivity contribution in [2.24, 2.45) is 4.99 Å². The van der Waals surface area contributed by atoms with E-state index in [-0.39, 0.29) is 60.8 Å². The largest absolute Gasteiger partial charge is 2.00 e. The SMILES string of the molecule is CC#N.CC(=O)C[C@@](C)([O-])[C@H](N=Cc1cc(C(C)(C)C)cc(C(C)(C)C)c1[O-])C(=O)NC(C)(C)C.[Mo].[O-2].[O-2]. The summed E-state index contributed by atoms with van der Waals surface area (Å²) in [7, 11) is 0. The summed E-state index contributed by atoms with van der Waals surface area (Å²) in [6.07, 6.45) is 0.988. The molecule has 1 rings (SSSR count). The van der Waals surface area contributed by atoms with Crippen LogP contribution in [0.25, 0.3) is 0 Å². The Labute approximate surface area is 243 Å². The Morgan fingerprint density at radius 1 is 1.03 bits per heavy atom. The van der Waals surface area contributed by atoms with E-state index in [1.165, 1.54) is 27.0 Å². The molecule has 218 valence electrons. The first-order valence-electron chi connectivity index (χ1n) is 11.8. The summed E-state index contributed by atoms with van der Waals surface area (Å²) in [6, 6.07) is 4.09. The van der Waals surface area contributed by atoms with Gasteiger partial charge in [-0.05, 0) is 61.6 Å². The molecule has 1 aromatic rings. The molecule has 0 unspecified atom stereocenters. The summed E-state index contributed by atoms with van der Waals surface area (Å²) in [4.78, 5) is 28.9. The number of nitrogens with zero attached hydrogens (tertiary/aromatic N) is 2. The van der Waals surface area contributed by atoms with Crippen LogP contribution in [0.1, 0.15) is 106 Å². The average Bonchev–Trinajstić information content (AvgIpc) is 2.58. The van der Waals surface area contributed by atoms with Gasteiger partial charge in [-0.3, -0.25) is 9.79 Å². The summed E-state index contributed by atoms with van der Waals surface area (Å²) in [5.74, 6) is -1.06. The van der Waals surface area contributed by atoms with Gasteiger partial charge in [-0.1, -0.05) is 71.9 Å². The van der Waals surface area contributed by atoms with E-state index in [1.807, 2.05) is 26.8 Å². The number of nitrogens with one attached hydrogen (secondary N) is 1. The number of hydrogen-bond donors (Lipinski definition) is 1. The van der Waals surface area contributed by atoms with Gasteiger partial charge >= 0.3 is 0 Å². The third-order valence-corrected chi connectivity index (χ3v) is 5.08. The quantitative estimate of drug-likeness (QED) is 0.380. The van der Waals surface area contributed by atoms with Gasteiger partial charge in [0.05, 0.1) is 6.07 Å². The molecule has 9 nitrogen and oxygen atoms in total. The molecule has 0 saturated heterocycles. The molecule has 38 heavy (non-hydrogen) atoms. The van der Waals surface area contributed by atoms with Crippen molar-refractivity contribution < 1.29 is 51.8 Å². The first-order chi connectivity index (χ1) is 15.6. The van der Waals surface area contributed by atoms with Crippen molar-refractivity contribution in [3.05, 3.63) is 28.8 Å². The Morgan fingerprint density at radius 3 is 1.82 bits per heavy atom. The molecule has 0 aliphatic carbocycles. The normalized spacial score (nSPS) is 13.7. The zero-order valence-electron chi connectivity index (χ0n) is 24.8. The number of ketones is 1. The van der Waals surface area contributed by atoms with Crippen molar-refractivity contribution >= 4 is 17.9 Å². The van der Waals surface area contributed by atoms with E-state index in [1.54, 1.807) is 32.9 Å². The Kier molecular flexibility index (Phi) is 18.2. The van der Waals surface area contributed by atoms with Crippen LogP contribution in [-0.4, -0.2) is 35.1 Å². The first kappa shape index (κ1) is 43.0. The molecule has 10 heteroatoms. The van der Waals surface area contributed by atoms with E-state index in [0.717, 1.165) is 5.56 Å². The van der Waals surface area contributed by atoms with Gasteiger partial charge < -0.3 is 31.3 Å². The van der Waals surface area contributed by atoms with Gasteiger partial charge in [0, 0.05) is 39.7 Å². The van der Waals surface area contributed by atoms with Crippen LogP contribution >= 0.6 is 0 Å². The number of amides is 1. The third kappa shape index (κ3) is 14.2. The van der Waals surface area contributed by atoms with E-state index in [4.69, 9.17) is 5.26 Å². The summed E-state index contributed by atoms with van der Waals surface area (Å²) < 4.78 is 0. The Morgan fingerprint density at radius 2 is 1.47 bits per heavy atom. The monoisotopic (exact) mass is 615 g/mol. The number of carbonyl (C=O) groups is 2. The van der Waals surface area contributed by atoms with Gasteiger partial charge in [-0.2, -0.15) is 5.26 Å². The molecule has 0 bridgehead atoms. The molecule has 0 fully saturated rings. The van der Waals surface area contributed by atoms with Crippen molar-refractivity contribution in [1.29, 1.82) is 5.26 Å². The number of carbonyl (C=O) groups excluding carboxylic acids is 2. The molecular formula is C28H43MoN3O6-6. The molecule has 0 radical (unpaired) electrons. The molecule has 0 spiro atoms. The second kappa shape index (κ2) is 16.1. The smallest absolute Gasteiger partial charge is 0.244 e. The number of Topliss-reactive ketones (excluding diaryl/α,β-unsaturated/α-hetero) is 1. The predicted octanol–water partition coefficient (Wildman–Crippen LogP) is 3.45. The molecule has 0 aliphatic rings. The van der Waals surface area contributed by atoms with Gasteiger partial charge in [-0.25, -0.2) is 0 Å². The Bertz CT molecular complexity index is 979. The van der Waals surface area contributed by atoms with Gasteiger partial charge in [0.2, 0.25) is 5.91 Å². The fourth-order valence-electron chi connectivity index (χ4n) is 3.42. The number of hydrogen-bond acceptors (Lipinski definition) is 6. The zero-order valence-corrected chi connectivity index (χ0v) is 26.8. The second-order valence-corrected chi connectivity index (χ2v) is 12.3. The average molecular weight is 614 g/mol. The summed E-state index contributed by atoms with van der Waals surface area (Å²) in [5, 5.41) is 36.5. The first-order valence-corrected chi connectivity index (χ1v) is 11.8. The molecule has 0 saturated carbocycles. The van der Waals surface area contributed by atoms with Crippen LogP contribution in [0, 0.1) is 11.3 Å². The maximum atomic E-state index is 13.2. The maximum Gasteiger partial charge on any atom is 0.244 e. The fraction of sp³-hybridized carbons (Fsp3) is 0.643. The number of nitriles is 1. The number of aliphatic imine (C=N–C) groups is 1. The van der Waals surface area contributed by atoms with E-state index in [2.05, 4.69) is 31.1 Å². The second-order valence-electron chi connectivity index (χ2n) is 12.3. The molecule has 2 atom stereocenters. The fourth-order valence-corrected chi connectivity index (χ4v) is 3.42. The number of benzene rings is 1. The van der Waals surface area contributed by atoms with Crippen LogP contribution in [0.15, 0.2) is 17.1 Å². The van der Waals surface area contributed by atoms with Gasteiger partial charge in [-0.15, -0.1) is 0 Å². The topological polar surface area (TPSA) is 185 Å². The van der Waals surface area contributed by atoms with Crippen LogP contribution in [0.5, 0.6) is 5.75 Å².